The maximum atomic E-state index is 2.32. The Bertz CT molecular complexity index is 550. The lowest BCUT2D eigenvalue weighted by Crippen LogP contribution is -2.19. The predicted molar refractivity (Wildman–Crippen MR) is 107 cm³/mol. The largest absolute Gasteiger partial charge is 0.0683 e. The molecule has 0 unspecified atom stereocenters. The average molecular weight is 313 g/mol. The summed E-state index contributed by atoms with van der Waals surface area (Å²) < 4.78 is 0. The van der Waals surface area contributed by atoms with Gasteiger partial charge < -0.3 is 0 Å². The van der Waals surface area contributed by atoms with E-state index in [1.165, 1.54) is 33.4 Å². The van der Waals surface area contributed by atoms with Crippen LogP contribution in [0.15, 0.2) is 36.4 Å². The minimum absolute atomic E-state index is 0.0525. The Morgan fingerprint density at radius 3 is 1.09 bits per heavy atom. The van der Waals surface area contributed by atoms with Crippen molar-refractivity contribution >= 4 is 0 Å². The second kappa shape index (κ2) is 9.55. The van der Waals surface area contributed by atoms with Crippen LogP contribution in [0.1, 0.15) is 74.9 Å². The Labute approximate surface area is 145 Å². The van der Waals surface area contributed by atoms with E-state index in [4.69, 9.17) is 0 Å². The highest BCUT2D eigenvalue weighted by molar-refractivity contribution is 5.43. The smallest absolute Gasteiger partial charge is 0.0146 e. The van der Waals surface area contributed by atoms with E-state index in [0.717, 1.165) is 0 Å². The Balaban J connectivity index is 0.00000112. The van der Waals surface area contributed by atoms with Crippen LogP contribution in [0.2, 0.25) is 0 Å². The molecule has 128 valence electrons. The molecule has 0 aromatic heterocycles. The second-order valence-electron chi connectivity index (χ2n) is 6.22. The van der Waals surface area contributed by atoms with Crippen molar-refractivity contribution in [1.29, 1.82) is 0 Å². The number of rotatable bonds is 2. The zero-order valence-electron chi connectivity index (χ0n) is 17.0. The molecule has 0 saturated heterocycles. The summed E-state index contributed by atoms with van der Waals surface area (Å²) in [6.45, 7) is 21.3. The van der Waals surface area contributed by atoms with Gasteiger partial charge in [0.1, 0.15) is 0 Å². The highest BCUT2D eigenvalue weighted by Gasteiger charge is 2.23. The summed E-state index contributed by atoms with van der Waals surface area (Å²) in [4.78, 5) is 0. The SMILES string of the molecule is CC.CC.Cc1ccc(C(C)(C)c2ccc(C)c(C)c2)cc1C. The molecule has 0 saturated carbocycles. The van der Waals surface area contributed by atoms with Crippen LogP contribution in [0.3, 0.4) is 0 Å². The van der Waals surface area contributed by atoms with Gasteiger partial charge in [-0.25, -0.2) is 0 Å². The van der Waals surface area contributed by atoms with Gasteiger partial charge in [-0.15, -0.1) is 0 Å². The van der Waals surface area contributed by atoms with Crippen LogP contribution in [0.25, 0.3) is 0 Å². The first kappa shape index (κ1) is 21.4. The fourth-order valence-electron chi connectivity index (χ4n) is 2.43. The standard InChI is InChI=1S/C19H24.2C2H6/c1-13-7-9-17(11-15(13)3)19(5,6)18-10-8-14(2)16(4)12-18;2*1-2/h7-12H,1-6H3;2*1-2H3. The first-order valence-corrected chi connectivity index (χ1v) is 8.98. The van der Waals surface area contributed by atoms with E-state index >= 15 is 0 Å². The number of hydrogen-bond acceptors (Lipinski definition) is 0. The van der Waals surface area contributed by atoms with Crippen LogP contribution in [0.4, 0.5) is 0 Å². The van der Waals surface area contributed by atoms with Gasteiger partial charge in [-0.05, 0) is 61.1 Å². The fraction of sp³-hybridized carbons (Fsp3) is 0.478. The molecule has 0 fully saturated rings. The van der Waals surface area contributed by atoms with Gasteiger partial charge in [0.2, 0.25) is 0 Å². The van der Waals surface area contributed by atoms with Crippen LogP contribution < -0.4 is 0 Å². The van der Waals surface area contributed by atoms with Crippen molar-refractivity contribution in [2.75, 3.05) is 0 Å². The van der Waals surface area contributed by atoms with Crippen LogP contribution in [-0.2, 0) is 5.41 Å². The summed E-state index contributed by atoms with van der Waals surface area (Å²) in [5.41, 5.74) is 8.29. The monoisotopic (exact) mass is 312 g/mol. The molecule has 0 N–H and O–H groups in total. The zero-order valence-corrected chi connectivity index (χ0v) is 17.0. The van der Waals surface area contributed by atoms with Gasteiger partial charge >= 0.3 is 0 Å². The summed E-state index contributed by atoms with van der Waals surface area (Å²) in [5.74, 6) is 0. The second-order valence-corrected chi connectivity index (χ2v) is 6.22. The molecule has 0 nitrogen and oxygen atoms in total. The van der Waals surface area contributed by atoms with Crippen molar-refractivity contribution in [3.63, 3.8) is 0 Å². The molecular weight excluding hydrogens is 276 g/mol. The van der Waals surface area contributed by atoms with Crippen molar-refractivity contribution < 1.29 is 0 Å². The third-order valence-electron chi connectivity index (χ3n) is 4.46. The van der Waals surface area contributed by atoms with Crippen molar-refractivity contribution in [3.05, 3.63) is 69.8 Å². The fourth-order valence-corrected chi connectivity index (χ4v) is 2.43. The lowest BCUT2D eigenvalue weighted by atomic mass is 9.76. The zero-order chi connectivity index (χ0) is 18.2. The topological polar surface area (TPSA) is 0 Å². The van der Waals surface area contributed by atoms with Gasteiger partial charge in [-0.2, -0.15) is 0 Å². The van der Waals surface area contributed by atoms with Crippen LogP contribution in [-0.4, -0.2) is 0 Å². The highest BCUT2D eigenvalue weighted by atomic mass is 14.3. The molecule has 0 spiro atoms. The highest BCUT2D eigenvalue weighted by Crippen LogP contribution is 2.33. The molecule has 2 rings (SSSR count). The van der Waals surface area contributed by atoms with E-state index in [1.54, 1.807) is 0 Å². The first-order chi connectivity index (χ1) is 10.8. The number of hydrogen-bond donors (Lipinski definition) is 0. The number of aryl methyl sites for hydroxylation is 4. The molecule has 0 atom stereocenters. The molecule has 23 heavy (non-hydrogen) atoms. The number of benzene rings is 2. The van der Waals surface area contributed by atoms with Gasteiger partial charge in [0, 0.05) is 5.41 Å². The molecular formula is C23H36. The van der Waals surface area contributed by atoms with E-state index in [0.29, 0.717) is 0 Å². The van der Waals surface area contributed by atoms with E-state index in [1.807, 2.05) is 27.7 Å². The van der Waals surface area contributed by atoms with Gasteiger partial charge in [0.05, 0.1) is 0 Å². The third-order valence-corrected chi connectivity index (χ3v) is 4.46. The lowest BCUT2D eigenvalue weighted by Gasteiger charge is -2.27. The molecule has 0 heterocycles. The van der Waals surface area contributed by atoms with Crippen molar-refractivity contribution in [2.24, 2.45) is 0 Å². The minimum atomic E-state index is 0.0525. The van der Waals surface area contributed by atoms with Crippen molar-refractivity contribution in [1.82, 2.24) is 0 Å². The maximum absolute atomic E-state index is 2.32. The Kier molecular flexibility index (Phi) is 8.90. The normalized spacial score (nSPS) is 10.2. The molecule has 0 aliphatic heterocycles. The predicted octanol–water partition coefficient (Wildman–Crippen LogP) is 7.30. The van der Waals surface area contributed by atoms with Crippen molar-refractivity contribution in [2.45, 2.75) is 74.7 Å². The molecule has 0 amide bonds. The summed E-state index contributed by atoms with van der Waals surface area (Å²) in [6, 6.07) is 13.6. The molecule has 0 heteroatoms. The van der Waals surface area contributed by atoms with E-state index < -0.39 is 0 Å². The first-order valence-electron chi connectivity index (χ1n) is 8.98. The summed E-state index contributed by atoms with van der Waals surface area (Å²) >= 11 is 0. The van der Waals surface area contributed by atoms with Crippen LogP contribution in [0.5, 0.6) is 0 Å². The van der Waals surface area contributed by atoms with Crippen LogP contribution >= 0.6 is 0 Å². The van der Waals surface area contributed by atoms with E-state index in [9.17, 15) is 0 Å². The minimum Gasteiger partial charge on any atom is -0.0683 e. The summed E-state index contributed by atoms with van der Waals surface area (Å²) in [7, 11) is 0. The van der Waals surface area contributed by atoms with Gasteiger partial charge in [-0.3, -0.25) is 0 Å². The molecule has 2 aromatic carbocycles. The van der Waals surface area contributed by atoms with Crippen LogP contribution in [0, 0.1) is 27.7 Å². The molecule has 0 aliphatic rings. The Morgan fingerprint density at radius 1 is 0.522 bits per heavy atom. The van der Waals surface area contributed by atoms with E-state index in [-0.39, 0.29) is 5.41 Å². The molecule has 0 aliphatic carbocycles. The Hall–Kier alpha value is -1.56. The molecule has 0 radical (unpaired) electrons. The van der Waals surface area contributed by atoms with Gasteiger partial charge in [0.25, 0.3) is 0 Å². The quantitative estimate of drug-likeness (QED) is 0.545. The Morgan fingerprint density at radius 2 is 0.826 bits per heavy atom. The summed E-state index contributed by atoms with van der Waals surface area (Å²) in [6.07, 6.45) is 0. The van der Waals surface area contributed by atoms with E-state index in [2.05, 4.69) is 77.9 Å². The van der Waals surface area contributed by atoms with Gasteiger partial charge in [-0.1, -0.05) is 77.9 Å². The van der Waals surface area contributed by atoms with Crippen molar-refractivity contribution in [3.8, 4) is 0 Å². The molecule has 0 bridgehead atoms. The lowest BCUT2D eigenvalue weighted by molar-refractivity contribution is 0.639. The molecule has 2 aromatic rings. The maximum Gasteiger partial charge on any atom is 0.0146 e. The van der Waals surface area contributed by atoms with Gasteiger partial charge in [0.15, 0.2) is 0 Å². The summed E-state index contributed by atoms with van der Waals surface area (Å²) in [5, 5.41) is 0. The third kappa shape index (κ3) is 5.23. The average Bonchev–Trinajstić information content (AvgIpc) is 2.56.